The molecule has 3 aromatic rings. The van der Waals surface area contributed by atoms with Crippen LogP contribution in [-0.2, 0) is 17.3 Å². The second-order valence-electron chi connectivity index (χ2n) is 11.6. The van der Waals surface area contributed by atoms with Crippen LogP contribution in [0.25, 0.3) is 11.3 Å². The van der Waals surface area contributed by atoms with Crippen molar-refractivity contribution in [1.82, 2.24) is 9.88 Å². The summed E-state index contributed by atoms with van der Waals surface area (Å²) in [6, 6.07) is 11.6. The fraction of sp³-hybridized carbons (Fsp3) is 0.484. The monoisotopic (exact) mass is 523 g/mol. The third-order valence-electron chi connectivity index (χ3n) is 7.86. The van der Waals surface area contributed by atoms with Gasteiger partial charge in [0.05, 0.1) is 22.7 Å². The highest BCUT2D eigenvalue weighted by Gasteiger charge is 2.37. The number of aliphatic imine (C=N–C) groups is 1. The number of aryl methyl sites for hydroxylation is 3. The van der Waals surface area contributed by atoms with Crippen molar-refractivity contribution in [3.63, 3.8) is 0 Å². The highest BCUT2D eigenvalue weighted by atomic mass is 35.5. The summed E-state index contributed by atoms with van der Waals surface area (Å²) in [5.41, 5.74) is 10.7. The first-order valence-corrected chi connectivity index (χ1v) is 13.7. The predicted molar refractivity (Wildman–Crippen MR) is 160 cm³/mol. The van der Waals surface area contributed by atoms with Gasteiger partial charge in [0.25, 0.3) is 0 Å². The van der Waals surface area contributed by atoms with Crippen LogP contribution < -0.4 is 0 Å². The van der Waals surface area contributed by atoms with Crippen molar-refractivity contribution in [1.29, 1.82) is 0 Å². The highest BCUT2D eigenvalue weighted by molar-refractivity contribution is 7.12. The lowest BCUT2D eigenvalue weighted by Gasteiger charge is -2.42. The molecular weight excluding hydrogens is 482 g/mol. The van der Waals surface area contributed by atoms with Gasteiger partial charge < -0.3 is 4.90 Å². The molecule has 0 amide bonds. The number of benzene rings is 2. The lowest BCUT2D eigenvalue weighted by atomic mass is 9.63. The zero-order valence-corrected chi connectivity index (χ0v) is 25.1. The Morgan fingerprint density at radius 2 is 1.64 bits per heavy atom. The van der Waals surface area contributed by atoms with Crippen molar-refractivity contribution in [3.05, 3.63) is 68.0 Å². The van der Waals surface area contributed by atoms with Gasteiger partial charge in [-0.2, -0.15) is 0 Å². The van der Waals surface area contributed by atoms with Crippen molar-refractivity contribution in [2.75, 3.05) is 13.6 Å². The average Bonchev–Trinajstić information content (AvgIpc) is 3.17. The second-order valence-corrected chi connectivity index (χ2v) is 12.9. The van der Waals surface area contributed by atoms with Crippen LogP contribution in [0.5, 0.6) is 0 Å². The molecule has 0 fully saturated rings. The third-order valence-corrected chi connectivity index (χ3v) is 8.83. The first kappa shape index (κ1) is 28.4. The van der Waals surface area contributed by atoms with Crippen molar-refractivity contribution in [3.8, 4) is 11.3 Å². The summed E-state index contributed by atoms with van der Waals surface area (Å²) < 4.78 is 0. The SMILES string of the molecule is CCN(C)C=Nc1cc(C)c(Cc2nc(-c3ccc4c(c3)C(C)(C)CCC4(C)C)c(C)s2)cc1C.Cl. The fourth-order valence-corrected chi connectivity index (χ4v) is 6.10. The Bertz CT molecular complexity index is 1270. The molecule has 1 aliphatic rings. The second kappa shape index (κ2) is 10.7. The molecule has 0 unspecified atom stereocenters. The quantitative estimate of drug-likeness (QED) is 0.239. The summed E-state index contributed by atoms with van der Waals surface area (Å²) in [7, 11) is 2.05. The van der Waals surface area contributed by atoms with E-state index in [1.807, 2.05) is 24.7 Å². The van der Waals surface area contributed by atoms with E-state index in [4.69, 9.17) is 4.98 Å². The van der Waals surface area contributed by atoms with E-state index in [0.717, 1.165) is 24.3 Å². The number of hydrogen-bond donors (Lipinski definition) is 0. The van der Waals surface area contributed by atoms with Crippen LogP contribution in [0.1, 0.15) is 85.2 Å². The summed E-state index contributed by atoms with van der Waals surface area (Å²) in [5.74, 6) is 0. The van der Waals surface area contributed by atoms with Crippen LogP contribution in [0.2, 0.25) is 0 Å². The molecule has 0 spiro atoms. The number of halogens is 1. The average molecular weight is 524 g/mol. The van der Waals surface area contributed by atoms with E-state index in [1.54, 1.807) is 0 Å². The molecule has 0 N–H and O–H groups in total. The summed E-state index contributed by atoms with van der Waals surface area (Å²) in [4.78, 5) is 13.2. The molecule has 0 saturated carbocycles. The van der Waals surface area contributed by atoms with Crippen molar-refractivity contribution < 1.29 is 0 Å². The van der Waals surface area contributed by atoms with Gasteiger partial charge in [-0.25, -0.2) is 9.98 Å². The fourth-order valence-electron chi connectivity index (χ4n) is 5.13. The molecule has 36 heavy (non-hydrogen) atoms. The van der Waals surface area contributed by atoms with Crippen LogP contribution in [-0.4, -0.2) is 29.8 Å². The normalized spacial score (nSPS) is 16.0. The number of hydrogen-bond acceptors (Lipinski definition) is 3. The first-order valence-electron chi connectivity index (χ1n) is 12.9. The van der Waals surface area contributed by atoms with Gasteiger partial charge in [0, 0.05) is 30.5 Å². The van der Waals surface area contributed by atoms with Gasteiger partial charge in [-0.1, -0.05) is 45.9 Å². The molecule has 1 aliphatic carbocycles. The van der Waals surface area contributed by atoms with Crippen LogP contribution in [0.3, 0.4) is 0 Å². The van der Waals surface area contributed by atoms with Crippen molar-refractivity contribution in [2.45, 2.75) is 85.5 Å². The Labute approximate surface area is 228 Å². The zero-order chi connectivity index (χ0) is 25.5. The molecule has 194 valence electrons. The maximum absolute atomic E-state index is 5.15. The van der Waals surface area contributed by atoms with Crippen LogP contribution in [0.15, 0.2) is 35.3 Å². The Morgan fingerprint density at radius 1 is 0.972 bits per heavy atom. The Hall–Kier alpha value is -2.17. The van der Waals surface area contributed by atoms with E-state index in [2.05, 4.69) is 95.6 Å². The summed E-state index contributed by atoms with van der Waals surface area (Å²) >= 11 is 1.83. The molecule has 1 aromatic heterocycles. The Balaban J connectivity index is 0.00000361. The van der Waals surface area contributed by atoms with E-state index in [0.29, 0.717) is 0 Å². The molecule has 0 atom stereocenters. The molecule has 0 bridgehead atoms. The highest BCUT2D eigenvalue weighted by Crippen LogP contribution is 2.47. The lowest BCUT2D eigenvalue weighted by Crippen LogP contribution is -2.33. The first-order chi connectivity index (χ1) is 16.4. The molecule has 0 aliphatic heterocycles. The Kier molecular flexibility index (Phi) is 8.42. The standard InChI is InChI=1S/C31H41N3S.ClH/c1-10-34(9)19-32-27-16-20(2)24(15-21(27)3)18-28-33-29(22(4)35-28)23-11-12-25-26(17-23)31(7,8)14-13-30(25,5)6;/h11-12,15-17,19H,10,13-14,18H2,1-9H3;1H. The summed E-state index contributed by atoms with van der Waals surface area (Å²) in [5, 5.41) is 1.18. The number of rotatable bonds is 6. The number of thiazole rings is 1. The molecular formula is C31H42ClN3S. The predicted octanol–water partition coefficient (Wildman–Crippen LogP) is 8.71. The lowest BCUT2D eigenvalue weighted by molar-refractivity contribution is 0.332. The number of nitrogens with zero attached hydrogens (tertiary/aromatic N) is 3. The van der Waals surface area contributed by atoms with Gasteiger partial charge >= 0.3 is 0 Å². The van der Waals surface area contributed by atoms with Crippen LogP contribution in [0, 0.1) is 20.8 Å². The van der Waals surface area contributed by atoms with Crippen LogP contribution >= 0.6 is 23.7 Å². The largest absolute Gasteiger partial charge is 0.366 e. The van der Waals surface area contributed by atoms with Gasteiger partial charge in [-0.05, 0) is 91.3 Å². The van der Waals surface area contributed by atoms with Crippen LogP contribution in [0.4, 0.5) is 5.69 Å². The molecule has 5 heteroatoms. The van der Waals surface area contributed by atoms with Crippen molar-refractivity contribution in [2.24, 2.45) is 4.99 Å². The summed E-state index contributed by atoms with van der Waals surface area (Å²) in [6.07, 6.45) is 5.24. The molecule has 3 nitrogen and oxygen atoms in total. The van der Waals surface area contributed by atoms with E-state index < -0.39 is 0 Å². The molecule has 1 heterocycles. The van der Waals surface area contributed by atoms with E-state index in [9.17, 15) is 0 Å². The van der Waals surface area contributed by atoms with E-state index in [1.165, 1.54) is 56.1 Å². The van der Waals surface area contributed by atoms with E-state index >= 15 is 0 Å². The maximum atomic E-state index is 5.15. The van der Waals surface area contributed by atoms with Gasteiger partial charge in [0.1, 0.15) is 0 Å². The maximum Gasteiger partial charge on any atom is 0.0979 e. The van der Waals surface area contributed by atoms with Crippen molar-refractivity contribution >= 4 is 35.8 Å². The number of fused-ring (bicyclic) bond motifs is 1. The van der Waals surface area contributed by atoms with Gasteiger partial charge in [0.2, 0.25) is 0 Å². The number of aromatic nitrogens is 1. The van der Waals surface area contributed by atoms with E-state index in [-0.39, 0.29) is 23.2 Å². The minimum atomic E-state index is 0. The van der Waals surface area contributed by atoms with Gasteiger partial charge in [-0.3, -0.25) is 0 Å². The van der Waals surface area contributed by atoms with Gasteiger partial charge in [-0.15, -0.1) is 23.7 Å². The topological polar surface area (TPSA) is 28.5 Å². The summed E-state index contributed by atoms with van der Waals surface area (Å²) in [6.45, 7) is 19.2. The minimum absolute atomic E-state index is 0. The third kappa shape index (κ3) is 5.70. The van der Waals surface area contributed by atoms with Gasteiger partial charge in [0.15, 0.2) is 0 Å². The Morgan fingerprint density at radius 3 is 2.31 bits per heavy atom. The zero-order valence-electron chi connectivity index (χ0n) is 23.5. The minimum Gasteiger partial charge on any atom is -0.366 e. The molecule has 2 aromatic carbocycles. The molecule has 0 radical (unpaired) electrons. The molecule has 4 rings (SSSR count). The smallest absolute Gasteiger partial charge is 0.0979 e. The molecule has 0 saturated heterocycles.